The Morgan fingerprint density at radius 3 is 2.80 bits per heavy atom. The molecule has 1 aliphatic carbocycles. The molecule has 1 aromatic heterocycles. The fourth-order valence-corrected chi connectivity index (χ4v) is 4.23. The van der Waals surface area contributed by atoms with Crippen molar-refractivity contribution in [2.45, 2.75) is 56.0 Å². The lowest BCUT2D eigenvalue weighted by Gasteiger charge is -2.30. The fraction of sp³-hybridized carbons (Fsp3) is 0.526. The zero-order valence-electron chi connectivity index (χ0n) is 15.0. The van der Waals surface area contributed by atoms with Crippen LogP contribution in [-0.2, 0) is 11.8 Å². The monoisotopic (exact) mass is 359 g/mol. The number of rotatable bonds is 4. The van der Waals surface area contributed by atoms with Crippen molar-refractivity contribution in [1.29, 1.82) is 0 Å². The predicted molar refractivity (Wildman–Crippen MR) is 102 cm³/mol. The number of nitrogens with zero attached hydrogens (tertiary/aromatic N) is 2. The van der Waals surface area contributed by atoms with E-state index in [-0.39, 0.29) is 22.8 Å². The first kappa shape index (κ1) is 18.0. The van der Waals surface area contributed by atoms with Crippen LogP contribution in [0.2, 0.25) is 0 Å². The topological polar surface area (TPSA) is 64.0 Å². The number of hydrogen-bond donors (Lipinski definition) is 1. The van der Waals surface area contributed by atoms with Gasteiger partial charge < -0.3 is 5.32 Å². The van der Waals surface area contributed by atoms with Gasteiger partial charge in [-0.1, -0.05) is 43.7 Å². The van der Waals surface area contributed by atoms with E-state index >= 15 is 0 Å². The van der Waals surface area contributed by atoms with Gasteiger partial charge in [0, 0.05) is 13.1 Å². The van der Waals surface area contributed by atoms with Crippen molar-refractivity contribution in [3.8, 4) is 0 Å². The maximum absolute atomic E-state index is 12.6. The maximum Gasteiger partial charge on any atom is 0.261 e. The van der Waals surface area contributed by atoms with Crippen molar-refractivity contribution in [1.82, 2.24) is 14.9 Å². The summed E-state index contributed by atoms with van der Waals surface area (Å²) in [6, 6.07) is 7.57. The molecular formula is C19H25N3O2S. The van der Waals surface area contributed by atoms with Crippen LogP contribution in [0.3, 0.4) is 0 Å². The molecule has 3 rings (SSSR count). The van der Waals surface area contributed by atoms with Crippen molar-refractivity contribution < 1.29 is 4.79 Å². The number of amides is 1. The van der Waals surface area contributed by atoms with Gasteiger partial charge in [0.05, 0.1) is 16.2 Å². The van der Waals surface area contributed by atoms with E-state index in [1.807, 2.05) is 25.1 Å². The van der Waals surface area contributed by atoms with Crippen molar-refractivity contribution >= 4 is 28.6 Å². The number of nitrogens with one attached hydrogen (secondary N) is 1. The summed E-state index contributed by atoms with van der Waals surface area (Å²) >= 11 is 1.34. The van der Waals surface area contributed by atoms with Gasteiger partial charge in [0.1, 0.15) is 0 Å². The molecular weight excluding hydrogens is 334 g/mol. The lowest BCUT2D eigenvalue weighted by atomic mass is 9.86. The third-order valence-electron chi connectivity index (χ3n) is 5.03. The van der Waals surface area contributed by atoms with Gasteiger partial charge in [0.2, 0.25) is 5.91 Å². The summed E-state index contributed by atoms with van der Waals surface area (Å²) in [5.41, 5.74) is 0.586. The average molecular weight is 359 g/mol. The van der Waals surface area contributed by atoms with E-state index in [1.54, 1.807) is 13.1 Å². The number of thioether (sulfide) groups is 1. The third kappa shape index (κ3) is 3.89. The minimum atomic E-state index is -0.298. The Labute approximate surface area is 152 Å². The molecule has 0 spiro atoms. The molecule has 1 aliphatic rings. The minimum Gasteiger partial charge on any atom is -0.352 e. The summed E-state index contributed by atoms with van der Waals surface area (Å²) in [6.07, 6.45) is 4.66. The van der Waals surface area contributed by atoms with Crippen molar-refractivity contribution in [2.75, 3.05) is 0 Å². The van der Waals surface area contributed by atoms with Gasteiger partial charge in [0.25, 0.3) is 5.56 Å². The second kappa shape index (κ2) is 7.60. The zero-order chi connectivity index (χ0) is 18.0. The molecule has 1 fully saturated rings. The Balaban J connectivity index is 1.75. The molecule has 1 amide bonds. The highest BCUT2D eigenvalue weighted by Crippen LogP contribution is 2.26. The highest BCUT2D eigenvalue weighted by molar-refractivity contribution is 8.00. The van der Waals surface area contributed by atoms with Crippen molar-refractivity contribution in [2.24, 2.45) is 13.0 Å². The molecule has 3 atom stereocenters. The SMILES string of the molecule is C[C@H](Sc1nc2ccccc2c(=O)n1C)C(=O)N[C@H]1CCCC[C@H]1C. The van der Waals surface area contributed by atoms with Gasteiger partial charge in [-0.15, -0.1) is 0 Å². The van der Waals surface area contributed by atoms with Crippen LogP contribution in [0.25, 0.3) is 10.9 Å². The standard InChI is InChI=1S/C19H25N3O2S/c1-12-8-4-6-10-15(12)20-17(23)13(2)25-19-21-16-11-7-5-9-14(16)18(24)22(19)3/h5,7,9,11-13,15H,4,6,8,10H2,1-3H3,(H,20,23)/t12-,13+,15+/m1/s1. The number of carbonyl (C=O) groups excluding carboxylic acids is 1. The summed E-state index contributed by atoms with van der Waals surface area (Å²) in [5, 5.41) is 4.06. The molecule has 2 aromatic rings. The number of hydrogen-bond acceptors (Lipinski definition) is 4. The molecule has 0 saturated heterocycles. The maximum atomic E-state index is 12.6. The van der Waals surface area contributed by atoms with E-state index in [4.69, 9.17) is 0 Å². The Kier molecular flexibility index (Phi) is 5.47. The van der Waals surface area contributed by atoms with Crippen LogP contribution in [0.5, 0.6) is 0 Å². The van der Waals surface area contributed by atoms with Gasteiger partial charge in [-0.05, 0) is 37.8 Å². The smallest absolute Gasteiger partial charge is 0.261 e. The normalized spacial score (nSPS) is 21.9. The molecule has 0 aliphatic heterocycles. The first-order chi connectivity index (χ1) is 12.0. The van der Waals surface area contributed by atoms with Gasteiger partial charge >= 0.3 is 0 Å². The predicted octanol–water partition coefficient (Wildman–Crippen LogP) is 3.11. The Bertz CT molecular complexity index is 833. The van der Waals surface area contributed by atoms with Crippen LogP contribution < -0.4 is 10.9 Å². The third-order valence-corrected chi connectivity index (χ3v) is 6.18. The second-order valence-corrected chi connectivity index (χ2v) is 8.22. The molecule has 0 bridgehead atoms. The first-order valence-electron chi connectivity index (χ1n) is 8.90. The van der Waals surface area contributed by atoms with Gasteiger partial charge in [-0.25, -0.2) is 4.98 Å². The number of para-hydroxylation sites is 1. The van der Waals surface area contributed by atoms with E-state index in [0.29, 0.717) is 22.0 Å². The van der Waals surface area contributed by atoms with Crippen molar-refractivity contribution in [3.05, 3.63) is 34.6 Å². The summed E-state index contributed by atoms with van der Waals surface area (Å²) in [6.45, 7) is 4.07. The second-order valence-electron chi connectivity index (χ2n) is 6.91. The fourth-order valence-electron chi connectivity index (χ4n) is 3.35. The van der Waals surface area contributed by atoms with E-state index in [1.165, 1.54) is 35.6 Å². The first-order valence-corrected chi connectivity index (χ1v) is 9.78. The summed E-state index contributed by atoms with van der Waals surface area (Å²) in [4.78, 5) is 29.6. The lowest BCUT2D eigenvalue weighted by Crippen LogP contribution is -2.44. The Hall–Kier alpha value is -1.82. The van der Waals surface area contributed by atoms with Gasteiger partial charge in [0.15, 0.2) is 5.16 Å². The van der Waals surface area contributed by atoms with Gasteiger partial charge in [-0.3, -0.25) is 14.2 Å². The molecule has 0 radical (unpaired) electrons. The summed E-state index contributed by atoms with van der Waals surface area (Å²) in [7, 11) is 1.71. The zero-order valence-corrected chi connectivity index (χ0v) is 15.8. The molecule has 1 aromatic carbocycles. The largest absolute Gasteiger partial charge is 0.352 e. The lowest BCUT2D eigenvalue weighted by molar-refractivity contribution is -0.121. The van der Waals surface area contributed by atoms with E-state index in [9.17, 15) is 9.59 Å². The van der Waals surface area contributed by atoms with Crippen LogP contribution >= 0.6 is 11.8 Å². The Morgan fingerprint density at radius 2 is 2.04 bits per heavy atom. The van der Waals surface area contributed by atoms with E-state index < -0.39 is 0 Å². The van der Waals surface area contributed by atoms with E-state index in [0.717, 1.165) is 6.42 Å². The summed E-state index contributed by atoms with van der Waals surface area (Å²) in [5.74, 6) is 0.546. The highest BCUT2D eigenvalue weighted by atomic mass is 32.2. The van der Waals surface area contributed by atoms with Crippen LogP contribution in [0.1, 0.15) is 39.5 Å². The number of benzene rings is 1. The molecule has 1 heterocycles. The van der Waals surface area contributed by atoms with E-state index in [2.05, 4.69) is 17.2 Å². The van der Waals surface area contributed by atoms with Gasteiger partial charge in [-0.2, -0.15) is 0 Å². The molecule has 6 heteroatoms. The molecule has 0 unspecified atom stereocenters. The number of fused-ring (bicyclic) bond motifs is 1. The van der Waals surface area contributed by atoms with Crippen LogP contribution in [0.4, 0.5) is 0 Å². The van der Waals surface area contributed by atoms with Crippen LogP contribution in [0.15, 0.2) is 34.2 Å². The van der Waals surface area contributed by atoms with Crippen LogP contribution in [-0.4, -0.2) is 26.8 Å². The molecule has 5 nitrogen and oxygen atoms in total. The molecule has 1 N–H and O–H groups in total. The molecule has 25 heavy (non-hydrogen) atoms. The molecule has 1 saturated carbocycles. The number of aromatic nitrogens is 2. The van der Waals surface area contributed by atoms with Crippen molar-refractivity contribution in [3.63, 3.8) is 0 Å². The highest BCUT2D eigenvalue weighted by Gasteiger charge is 2.26. The average Bonchev–Trinajstić information content (AvgIpc) is 2.61. The summed E-state index contributed by atoms with van der Waals surface area (Å²) < 4.78 is 1.53. The number of carbonyl (C=O) groups is 1. The molecule has 134 valence electrons. The van der Waals surface area contributed by atoms with Crippen LogP contribution in [0, 0.1) is 5.92 Å². The Morgan fingerprint density at radius 1 is 1.32 bits per heavy atom. The minimum absolute atomic E-state index is 0.0196. The quantitative estimate of drug-likeness (QED) is 0.673.